The molecule has 1 unspecified atom stereocenters. The number of hydrogen-bond acceptors (Lipinski definition) is 6. The van der Waals surface area contributed by atoms with Crippen molar-refractivity contribution in [1.29, 1.82) is 0 Å². The molecule has 4 rings (SSSR count). The Labute approximate surface area is 163 Å². The Kier molecular flexibility index (Phi) is 5.41. The summed E-state index contributed by atoms with van der Waals surface area (Å²) in [5.74, 6) is 1.73. The Balaban J connectivity index is 1.33. The van der Waals surface area contributed by atoms with Crippen molar-refractivity contribution < 1.29 is 9.32 Å². The van der Waals surface area contributed by atoms with Crippen molar-refractivity contribution in [2.45, 2.75) is 32.6 Å². The van der Waals surface area contributed by atoms with Gasteiger partial charge in [0, 0.05) is 49.4 Å². The van der Waals surface area contributed by atoms with Crippen LogP contribution in [0, 0.1) is 12.8 Å². The van der Waals surface area contributed by atoms with Crippen LogP contribution in [-0.2, 0) is 6.42 Å². The lowest BCUT2D eigenvalue weighted by Crippen LogP contribution is -2.40. The highest BCUT2D eigenvalue weighted by Gasteiger charge is 2.25. The molecule has 28 heavy (non-hydrogen) atoms. The third kappa shape index (κ3) is 4.24. The standard InChI is InChI=1S/C21H23N5O2/c1-15-4-6-18(13-23-15)21(27)26-12-2-3-16(14-26)5-7-19-24-20(28-25-19)17-8-10-22-11-9-17/h4,6,8-11,13,16H,2-3,5,7,12,14H2,1H3. The molecule has 0 bridgehead atoms. The zero-order chi connectivity index (χ0) is 19.3. The summed E-state index contributed by atoms with van der Waals surface area (Å²) in [4.78, 5) is 27.4. The highest BCUT2D eigenvalue weighted by Crippen LogP contribution is 2.23. The number of carbonyl (C=O) groups is 1. The lowest BCUT2D eigenvalue weighted by atomic mass is 9.93. The van der Waals surface area contributed by atoms with E-state index < -0.39 is 0 Å². The quantitative estimate of drug-likeness (QED) is 0.678. The minimum atomic E-state index is 0.0664. The van der Waals surface area contributed by atoms with Gasteiger partial charge in [0.05, 0.1) is 5.56 Å². The second kappa shape index (κ2) is 8.29. The average molecular weight is 377 g/mol. The Morgan fingerprint density at radius 1 is 1.25 bits per heavy atom. The summed E-state index contributed by atoms with van der Waals surface area (Å²) in [5, 5.41) is 4.09. The van der Waals surface area contributed by atoms with Gasteiger partial charge in [0.2, 0.25) is 0 Å². The van der Waals surface area contributed by atoms with Crippen LogP contribution >= 0.6 is 0 Å². The molecule has 0 N–H and O–H groups in total. The minimum Gasteiger partial charge on any atom is -0.338 e. The molecule has 3 aromatic rings. The summed E-state index contributed by atoms with van der Waals surface area (Å²) in [6.07, 6.45) is 8.89. The normalized spacial score (nSPS) is 16.9. The molecule has 3 aromatic heterocycles. The molecule has 0 saturated carbocycles. The Morgan fingerprint density at radius 2 is 2.11 bits per heavy atom. The van der Waals surface area contributed by atoms with E-state index in [0.29, 0.717) is 23.2 Å². The van der Waals surface area contributed by atoms with E-state index in [1.807, 2.05) is 36.1 Å². The van der Waals surface area contributed by atoms with Crippen LogP contribution in [0.4, 0.5) is 0 Å². The van der Waals surface area contributed by atoms with E-state index in [1.54, 1.807) is 18.6 Å². The molecule has 4 heterocycles. The van der Waals surface area contributed by atoms with Crippen molar-refractivity contribution >= 4 is 5.91 Å². The van der Waals surface area contributed by atoms with Gasteiger partial charge in [0.1, 0.15) is 0 Å². The molecule has 1 aliphatic heterocycles. The van der Waals surface area contributed by atoms with Crippen LogP contribution in [0.25, 0.3) is 11.5 Å². The molecule has 1 amide bonds. The van der Waals surface area contributed by atoms with E-state index in [1.165, 1.54) is 0 Å². The molecule has 1 atom stereocenters. The maximum atomic E-state index is 12.7. The van der Waals surface area contributed by atoms with E-state index in [0.717, 1.165) is 50.0 Å². The summed E-state index contributed by atoms with van der Waals surface area (Å²) >= 11 is 0. The van der Waals surface area contributed by atoms with E-state index >= 15 is 0 Å². The number of piperidine rings is 1. The van der Waals surface area contributed by atoms with Gasteiger partial charge in [-0.05, 0) is 56.4 Å². The molecule has 144 valence electrons. The Hall–Kier alpha value is -3.09. The van der Waals surface area contributed by atoms with Crippen molar-refractivity contribution in [3.8, 4) is 11.5 Å². The maximum absolute atomic E-state index is 12.7. The zero-order valence-electron chi connectivity index (χ0n) is 15.9. The van der Waals surface area contributed by atoms with Gasteiger partial charge in [-0.2, -0.15) is 4.98 Å². The van der Waals surface area contributed by atoms with Crippen LogP contribution in [0.3, 0.4) is 0 Å². The van der Waals surface area contributed by atoms with Crippen LogP contribution in [0.2, 0.25) is 0 Å². The summed E-state index contributed by atoms with van der Waals surface area (Å²) in [7, 11) is 0. The topological polar surface area (TPSA) is 85.0 Å². The van der Waals surface area contributed by atoms with E-state index in [2.05, 4.69) is 20.1 Å². The molecule has 1 saturated heterocycles. The zero-order valence-corrected chi connectivity index (χ0v) is 15.9. The van der Waals surface area contributed by atoms with E-state index in [9.17, 15) is 4.79 Å². The number of hydrogen-bond donors (Lipinski definition) is 0. The van der Waals surface area contributed by atoms with Gasteiger partial charge in [-0.25, -0.2) is 0 Å². The van der Waals surface area contributed by atoms with Gasteiger partial charge in [-0.3, -0.25) is 14.8 Å². The summed E-state index contributed by atoms with van der Waals surface area (Å²) in [6, 6.07) is 7.43. The third-order valence-corrected chi connectivity index (χ3v) is 5.14. The first kappa shape index (κ1) is 18.3. The fraction of sp³-hybridized carbons (Fsp3) is 0.381. The van der Waals surface area contributed by atoms with Crippen molar-refractivity contribution in [3.63, 3.8) is 0 Å². The molecule has 7 heteroatoms. The van der Waals surface area contributed by atoms with Gasteiger partial charge in [0.25, 0.3) is 11.8 Å². The van der Waals surface area contributed by atoms with Crippen LogP contribution in [0.5, 0.6) is 0 Å². The number of rotatable bonds is 5. The summed E-state index contributed by atoms with van der Waals surface area (Å²) in [5.41, 5.74) is 2.45. The first-order chi connectivity index (χ1) is 13.7. The molecule has 0 radical (unpaired) electrons. The summed E-state index contributed by atoms with van der Waals surface area (Å²) < 4.78 is 5.36. The molecular weight excluding hydrogens is 354 g/mol. The van der Waals surface area contributed by atoms with Crippen molar-refractivity contribution in [2.24, 2.45) is 5.92 Å². The number of amides is 1. The summed E-state index contributed by atoms with van der Waals surface area (Å²) in [6.45, 7) is 3.49. The number of aromatic nitrogens is 4. The van der Waals surface area contributed by atoms with Gasteiger partial charge >= 0.3 is 0 Å². The monoisotopic (exact) mass is 377 g/mol. The van der Waals surface area contributed by atoms with Gasteiger partial charge < -0.3 is 9.42 Å². The lowest BCUT2D eigenvalue weighted by Gasteiger charge is -2.32. The fourth-order valence-corrected chi connectivity index (χ4v) is 3.56. The molecule has 1 fully saturated rings. The average Bonchev–Trinajstić information content (AvgIpc) is 3.22. The van der Waals surface area contributed by atoms with E-state index in [4.69, 9.17) is 4.52 Å². The molecule has 7 nitrogen and oxygen atoms in total. The highest BCUT2D eigenvalue weighted by atomic mass is 16.5. The van der Waals surface area contributed by atoms with Gasteiger partial charge in [0.15, 0.2) is 5.82 Å². The SMILES string of the molecule is Cc1ccc(C(=O)N2CCCC(CCc3noc(-c4ccncc4)n3)C2)cn1. The second-order valence-electron chi connectivity index (χ2n) is 7.24. The Morgan fingerprint density at radius 3 is 2.89 bits per heavy atom. The first-order valence-electron chi connectivity index (χ1n) is 9.64. The largest absolute Gasteiger partial charge is 0.338 e. The predicted octanol–water partition coefficient (Wildman–Crippen LogP) is 3.32. The Bertz CT molecular complexity index is 923. The van der Waals surface area contributed by atoms with Crippen LogP contribution in [-0.4, -0.2) is 44.0 Å². The highest BCUT2D eigenvalue weighted by molar-refractivity contribution is 5.94. The molecule has 0 aromatic carbocycles. The second-order valence-corrected chi connectivity index (χ2v) is 7.24. The van der Waals surface area contributed by atoms with E-state index in [-0.39, 0.29) is 5.91 Å². The number of carbonyl (C=O) groups excluding carboxylic acids is 1. The van der Waals surface area contributed by atoms with Crippen molar-refractivity contribution in [2.75, 3.05) is 13.1 Å². The van der Waals surface area contributed by atoms with Crippen molar-refractivity contribution in [3.05, 3.63) is 59.9 Å². The van der Waals surface area contributed by atoms with Crippen LogP contribution in [0.15, 0.2) is 47.4 Å². The third-order valence-electron chi connectivity index (χ3n) is 5.14. The molecule has 1 aliphatic rings. The fourth-order valence-electron chi connectivity index (χ4n) is 3.56. The first-order valence-corrected chi connectivity index (χ1v) is 9.64. The number of aryl methyl sites for hydroxylation is 2. The number of pyridine rings is 2. The van der Waals surface area contributed by atoms with Crippen LogP contribution in [0.1, 0.15) is 41.1 Å². The lowest BCUT2D eigenvalue weighted by molar-refractivity contribution is 0.0667. The van der Waals surface area contributed by atoms with Crippen LogP contribution < -0.4 is 0 Å². The smallest absolute Gasteiger partial charge is 0.258 e. The van der Waals surface area contributed by atoms with Gasteiger partial charge in [-0.1, -0.05) is 5.16 Å². The predicted molar refractivity (Wildman–Crippen MR) is 103 cm³/mol. The van der Waals surface area contributed by atoms with Gasteiger partial charge in [-0.15, -0.1) is 0 Å². The number of nitrogens with zero attached hydrogens (tertiary/aromatic N) is 5. The molecule has 0 aliphatic carbocycles. The maximum Gasteiger partial charge on any atom is 0.258 e. The molecular formula is C21H23N5O2. The van der Waals surface area contributed by atoms with Crippen molar-refractivity contribution in [1.82, 2.24) is 25.0 Å². The minimum absolute atomic E-state index is 0.0664. The number of likely N-dealkylation sites (tertiary alicyclic amines) is 1. The molecule has 0 spiro atoms.